The highest BCUT2D eigenvalue weighted by Gasteiger charge is 2.15. The van der Waals surface area contributed by atoms with E-state index in [1.165, 1.54) is 19.8 Å². The Balaban J connectivity index is 1.83. The maximum Gasteiger partial charge on any atom is 0.0935 e. The van der Waals surface area contributed by atoms with E-state index in [1.807, 2.05) is 28.9 Å². The zero-order chi connectivity index (χ0) is 13.1. The molecule has 0 saturated heterocycles. The summed E-state index contributed by atoms with van der Waals surface area (Å²) >= 11 is 3.72. The van der Waals surface area contributed by atoms with Gasteiger partial charge in [-0.05, 0) is 48.5 Å². The van der Waals surface area contributed by atoms with E-state index in [1.54, 1.807) is 6.26 Å². The van der Waals surface area contributed by atoms with E-state index in [4.69, 9.17) is 4.42 Å². The molecule has 3 aromatic rings. The highest BCUT2D eigenvalue weighted by atomic mass is 32.1. The third-order valence-corrected chi connectivity index (χ3v) is 5.37. The quantitative estimate of drug-likeness (QED) is 0.703. The van der Waals surface area contributed by atoms with Crippen molar-refractivity contribution in [3.05, 3.63) is 46.5 Å². The Morgan fingerprint density at radius 3 is 3.00 bits per heavy atom. The van der Waals surface area contributed by atoms with Gasteiger partial charge in [-0.1, -0.05) is 6.92 Å². The molecular formula is C15H17NOS2. The zero-order valence-electron chi connectivity index (χ0n) is 10.9. The van der Waals surface area contributed by atoms with Gasteiger partial charge in [0.15, 0.2) is 0 Å². The minimum absolute atomic E-state index is 0.391. The van der Waals surface area contributed by atoms with Crippen LogP contribution >= 0.6 is 22.7 Å². The predicted molar refractivity (Wildman–Crippen MR) is 83.1 cm³/mol. The van der Waals surface area contributed by atoms with E-state index in [9.17, 15) is 0 Å². The van der Waals surface area contributed by atoms with Crippen molar-refractivity contribution < 1.29 is 4.42 Å². The first-order chi connectivity index (χ1) is 9.36. The summed E-state index contributed by atoms with van der Waals surface area (Å²) in [4.78, 5) is 1.43. The predicted octanol–water partition coefficient (Wildman–Crippen LogP) is 4.84. The van der Waals surface area contributed by atoms with Crippen molar-refractivity contribution in [2.45, 2.75) is 25.8 Å². The lowest BCUT2D eigenvalue weighted by Crippen LogP contribution is -2.23. The summed E-state index contributed by atoms with van der Waals surface area (Å²) in [6.45, 7) is 3.25. The lowest BCUT2D eigenvalue weighted by atomic mass is 10.1. The second-order valence-corrected chi connectivity index (χ2v) is 6.70. The highest BCUT2D eigenvalue weighted by molar-refractivity contribution is 7.26. The molecular weight excluding hydrogens is 274 g/mol. The number of furan rings is 1. The Hall–Kier alpha value is -1.10. The van der Waals surface area contributed by atoms with Crippen molar-refractivity contribution in [3.8, 4) is 0 Å². The number of nitrogens with one attached hydrogen (secondary N) is 1. The average Bonchev–Trinajstić information content (AvgIpc) is 3.09. The van der Waals surface area contributed by atoms with Gasteiger partial charge in [-0.25, -0.2) is 0 Å². The SMILES string of the molecule is CCCNC(Cc1ccoc1)c1cc2sccc2s1. The van der Waals surface area contributed by atoms with Crippen LogP contribution in [0, 0.1) is 0 Å². The van der Waals surface area contributed by atoms with Gasteiger partial charge in [-0.3, -0.25) is 0 Å². The molecule has 0 aliphatic rings. The van der Waals surface area contributed by atoms with Gasteiger partial charge in [0.2, 0.25) is 0 Å². The second kappa shape index (κ2) is 5.90. The minimum atomic E-state index is 0.391. The van der Waals surface area contributed by atoms with Crippen LogP contribution in [0.1, 0.15) is 29.8 Å². The molecule has 3 aromatic heterocycles. The van der Waals surface area contributed by atoms with Crippen LogP contribution in [0.5, 0.6) is 0 Å². The van der Waals surface area contributed by atoms with Crippen molar-refractivity contribution in [1.29, 1.82) is 0 Å². The second-order valence-electron chi connectivity index (χ2n) is 4.64. The minimum Gasteiger partial charge on any atom is -0.472 e. The van der Waals surface area contributed by atoms with Gasteiger partial charge in [0.25, 0.3) is 0 Å². The van der Waals surface area contributed by atoms with Crippen LogP contribution in [0.2, 0.25) is 0 Å². The van der Waals surface area contributed by atoms with Crippen LogP contribution < -0.4 is 5.32 Å². The molecule has 0 aliphatic carbocycles. The molecule has 0 amide bonds. The third-order valence-electron chi connectivity index (χ3n) is 3.16. The molecule has 0 aliphatic heterocycles. The fourth-order valence-electron chi connectivity index (χ4n) is 2.19. The molecule has 0 radical (unpaired) electrons. The summed E-state index contributed by atoms with van der Waals surface area (Å²) < 4.78 is 7.97. The summed E-state index contributed by atoms with van der Waals surface area (Å²) in [5.74, 6) is 0. The highest BCUT2D eigenvalue weighted by Crippen LogP contribution is 2.34. The summed E-state index contributed by atoms with van der Waals surface area (Å²) in [5, 5.41) is 5.81. The molecule has 3 rings (SSSR count). The molecule has 1 unspecified atom stereocenters. The first-order valence-electron chi connectivity index (χ1n) is 6.58. The molecule has 19 heavy (non-hydrogen) atoms. The molecule has 0 aromatic carbocycles. The molecule has 0 bridgehead atoms. The molecule has 2 nitrogen and oxygen atoms in total. The number of hydrogen-bond donors (Lipinski definition) is 1. The Morgan fingerprint density at radius 2 is 2.26 bits per heavy atom. The third kappa shape index (κ3) is 2.91. The van der Waals surface area contributed by atoms with Gasteiger partial charge in [-0.2, -0.15) is 0 Å². The monoisotopic (exact) mass is 291 g/mol. The van der Waals surface area contributed by atoms with Crippen LogP contribution in [0.15, 0.2) is 40.5 Å². The van der Waals surface area contributed by atoms with Crippen LogP contribution in [0.4, 0.5) is 0 Å². The number of rotatable bonds is 6. The molecule has 0 saturated carbocycles. The molecule has 3 heterocycles. The maximum absolute atomic E-state index is 5.18. The van der Waals surface area contributed by atoms with Crippen LogP contribution in [-0.4, -0.2) is 6.54 Å². The maximum atomic E-state index is 5.18. The molecule has 0 spiro atoms. The van der Waals surface area contributed by atoms with E-state index in [0.29, 0.717) is 6.04 Å². The summed E-state index contributed by atoms with van der Waals surface area (Å²) in [7, 11) is 0. The normalized spacial score (nSPS) is 13.1. The van der Waals surface area contributed by atoms with E-state index in [-0.39, 0.29) is 0 Å². The lowest BCUT2D eigenvalue weighted by Gasteiger charge is -2.16. The topological polar surface area (TPSA) is 25.2 Å². The fourth-order valence-corrected chi connectivity index (χ4v) is 4.39. The van der Waals surface area contributed by atoms with E-state index in [2.05, 4.69) is 35.8 Å². The van der Waals surface area contributed by atoms with Gasteiger partial charge >= 0.3 is 0 Å². The van der Waals surface area contributed by atoms with Gasteiger partial charge in [-0.15, -0.1) is 22.7 Å². The van der Waals surface area contributed by atoms with Gasteiger partial charge < -0.3 is 9.73 Å². The number of thiophene rings is 2. The number of fused-ring (bicyclic) bond motifs is 1. The Morgan fingerprint density at radius 1 is 1.32 bits per heavy atom. The zero-order valence-corrected chi connectivity index (χ0v) is 12.5. The first kappa shape index (κ1) is 12.9. The van der Waals surface area contributed by atoms with Crippen molar-refractivity contribution in [1.82, 2.24) is 5.32 Å². The Kier molecular flexibility index (Phi) is 4.01. The molecule has 4 heteroatoms. The average molecular weight is 291 g/mol. The first-order valence-corrected chi connectivity index (χ1v) is 8.28. The molecule has 1 N–H and O–H groups in total. The molecule has 1 atom stereocenters. The Bertz CT molecular complexity index is 595. The van der Waals surface area contributed by atoms with Crippen molar-refractivity contribution in [3.63, 3.8) is 0 Å². The Labute approximate surface area is 121 Å². The van der Waals surface area contributed by atoms with Crippen molar-refractivity contribution in [2.75, 3.05) is 6.54 Å². The largest absolute Gasteiger partial charge is 0.472 e. The van der Waals surface area contributed by atoms with Gasteiger partial charge in [0, 0.05) is 20.3 Å². The summed E-state index contributed by atoms with van der Waals surface area (Å²) in [5.41, 5.74) is 1.25. The number of hydrogen-bond acceptors (Lipinski definition) is 4. The smallest absolute Gasteiger partial charge is 0.0935 e. The van der Waals surface area contributed by atoms with Crippen molar-refractivity contribution in [2.24, 2.45) is 0 Å². The van der Waals surface area contributed by atoms with Gasteiger partial charge in [0.1, 0.15) is 0 Å². The van der Waals surface area contributed by atoms with Crippen LogP contribution in [-0.2, 0) is 6.42 Å². The van der Waals surface area contributed by atoms with Crippen LogP contribution in [0.25, 0.3) is 9.40 Å². The standard InChI is InChI=1S/C15H17NOS2/c1-2-5-16-12(8-11-3-6-17-10-11)14-9-15-13(19-14)4-7-18-15/h3-4,6-7,9-10,12,16H,2,5,8H2,1H3. The van der Waals surface area contributed by atoms with E-state index in [0.717, 1.165) is 19.4 Å². The lowest BCUT2D eigenvalue weighted by molar-refractivity contribution is 0.526. The summed E-state index contributed by atoms with van der Waals surface area (Å²) in [6, 6.07) is 6.99. The van der Waals surface area contributed by atoms with E-state index < -0.39 is 0 Å². The summed E-state index contributed by atoms with van der Waals surface area (Å²) in [6.07, 6.45) is 5.74. The van der Waals surface area contributed by atoms with E-state index >= 15 is 0 Å². The van der Waals surface area contributed by atoms with Crippen LogP contribution in [0.3, 0.4) is 0 Å². The fraction of sp³-hybridized carbons (Fsp3) is 0.333. The molecule has 0 fully saturated rings. The van der Waals surface area contributed by atoms with Crippen molar-refractivity contribution >= 4 is 32.1 Å². The molecule has 100 valence electrons. The van der Waals surface area contributed by atoms with Gasteiger partial charge in [0.05, 0.1) is 12.5 Å².